The van der Waals surface area contributed by atoms with Crippen LogP contribution in [0.25, 0.3) is 11.0 Å². The fraction of sp³-hybridized carbons (Fsp3) is 0.375. The number of benzene rings is 1. The van der Waals surface area contributed by atoms with E-state index in [1.54, 1.807) is 6.20 Å². The van der Waals surface area contributed by atoms with Crippen molar-refractivity contribution in [2.24, 2.45) is 0 Å². The maximum absolute atomic E-state index is 12.1. The molecule has 7 heteroatoms. The van der Waals surface area contributed by atoms with Gasteiger partial charge in [0.15, 0.2) is 0 Å². The zero-order valence-electron chi connectivity index (χ0n) is 18.0. The summed E-state index contributed by atoms with van der Waals surface area (Å²) in [4.78, 5) is 30.5. The van der Waals surface area contributed by atoms with Gasteiger partial charge in [-0.25, -0.2) is 4.79 Å². The van der Waals surface area contributed by atoms with Crippen LogP contribution in [0, 0.1) is 6.92 Å². The first kappa shape index (κ1) is 21.1. The molecule has 0 fully saturated rings. The predicted octanol–water partition coefficient (Wildman–Crippen LogP) is 3.73. The summed E-state index contributed by atoms with van der Waals surface area (Å²) < 4.78 is 17.0. The van der Waals surface area contributed by atoms with Gasteiger partial charge in [-0.3, -0.25) is 14.7 Å². The fourth-order valence-corrected chi connectivity index (χ4v) is 3.90. The van der Waals surface area contributed by atoms with Crippen molar-refractivity contribution in [1.29, 1.82) is 0 Å². The monoisotopic (exact) mass is 422 g/mol. The largest absolute Gasteiger partial charge is 0.477 e. The number of hydrogen-bond acceptors (Lipinski definition) is 7. The standard InChI is InChI=1S/C24H26N2O5/c1-15(2)30-21(27)7-6-18-10-19-16(3)9-22(28)31-24(19)20-13-26(14-29-23(18)20)12-17-5-4-8-25-11-17/h4-5,8-11,15H,6-7,12-14H2,1-3H3. The second-order valence-electron chi connectivity index (χ2n) is 8.13. The van der Waals surface area contributed by atoms with E-state index >= 15 is 0 Å². The minimum Gasteiger partial charge on any atom is -0.477 e. The van der Waals surface area contributed by atoms with E-state index in [0.29, 0.717) is 37.6 Å². The Bertz CT molecular complexity index is 1150. The molecule has 3 aromatic rings. The summed E-state index contributed by atoms with van der Waals surface area (Å²) >= 11 is 0. The van der Waals surface area contributed by atoms with Gasteiger partial charge in [0.05, 0.1) is 11.7 Å². The van der Waals surface area contributed by atoms with E-state index in [0.717, 1.165) is 27.6 Å². The molecule has 1 aromatic carbocycles. The number of carbonyl (C=O) groups excluding carboxylic acids is 1. The molecule has 4 rings (SSSR count). The van der Waals surface area contributed by atoms with Crippen molar-refractivity contribution in [3.8, 4) is 5.75 Å². The van der Waals surface area contributed by atoms with Crippen molar-refractivity contribution < 1.29 is 18.7 Å². The highest BCUT2D eigenvalue weighted by Crippen LogP contribution is 2.37. The second kappa shape index (κ2) is 8.89. The summed E-state index contributed by atoms with van der Waals surface area (Å²) in [7, 11) is 0. The Labute approximate surface area is 180 Å². The Morgan fingerprint density at radius 2 is 2.16 bits per heavy atom. The zero-order valence-corrected chi connectivity index (χ0v) is 18.0. The van der Waals surface area contributed by atoms with Gasteiger partial charge in [0.1, 0.15) is 18.1 Å². The van der Waals surface area contributed by atoms with Crippen LogP contribution >= 0.6 is 0 Å². The predicted molar refractivity (Wildman–Crippen MR) is 116 cm³/mol. The molecule has 0 amide bonds. The third-order valence-corrected chi connectivity index (χ3v) is 5.23. The van der Waals surface area contributed by atoms with Gasteiger partial charge >= 0.3 is 11.6 Å². The van der Waals surface area contributed by atoms with Crippen LogP contribution in [0.1, 0.15) is 42.5 Å². The van der Waals surface area contributed by atoms with Crippen LogP contribution in [-0.4, -0.2) is 28.7 Å². The molecule has 0 N–H and O–H groups in total. The molecular weight excluding hydrogens is 396 g/mol. The number of hydrogen-bond donors (Lipinski definition) is 0. The molecule has 0 radical (unpaired) electrons. The van der Waals surface area contributed by atoms with E-state index in [1.165, 1.54) is 6.07 Å². The van der Waals surface area contributed by atoms with Crippen molar-refractivity contribution in [3.05, 3.63) is 69.3 Å². The number of esters is 1. The van der Waals surface area contributed by atoms with E-state index < -0.39 is 0 Å². The summed E-state index contributed by atoms with van der Waals surface area (Å²) in [5.41, 5.74) is 3.82. The number of carbonyl (C=O) groups is 1. The number of aryl methyl sites for hydroxylation is 2. The lowest BCUT2D eigenvalue weighted by Crippen LogP contribution is -2.32. The molecule has 0 aliphatic carbocycles. The second-order valence-corrected chi connectivity index (χ2v) is 8.13. The van der Waals surface area contributed by atoms with E-state index in [1.807, 2.05) is 45.2 Å². The van der Waals surface area contributed by atoms with Gasteiger partial charge in [-0.05, 0) is 56.0 Å². The highest BCUT2D eigenvalue weighted by molar-refractivity contribution is 5.86. The van der Waals surface area contributed by atoms with Crippen LogP contribution in [0.3, 0.4) is 0 Å². The number of rotatable bonds is 6. The smallest absolute Gasteiger partial charge is 0.336 e. The van der Waals surface area contributed by atoms with Gasteiger partial charge < -0.3 is 13.9 Å². The highest BCUT2D eigenvalue weighted by atomic mass is 16.5. The van der Waals surface area contributed by atoms with Crippen molar-refractivity contribution in [3.63, 3.8) is 0 Å². The SMILES string of the molecule is Cc1cc(=O)oc2c3c(c(CCC(=O)OC(C)C)cc12)OCN(Cc1cccnc1)C3. The van der Waals surface area contributed by atoms with Crippen LogP contribution in [0.15, 0.2) is 45.9 Å². The van der Waals surface area contributed by atoms with Crippen LogP contribution in [0.2, 0.25) is 0 Å². The molecule has 0 atom stereocenters. The maximum Gasteiger partial charge on any atom is 0.336 e. The molecule has 7 nitrogen and oxygen atoms in total. The number of fused-ring (bicyclic) bond motifs is 3. The summed E-state index contributed by atoms with van der Waals surface area (Å²) in [5, 5.41) is 0.859. The third kappa shape index (κ3) is 4.77. The lowest BCUT2D eigenvalue weighted by molar-refractivity contribution is -0.147. The Morgan fingerprint density at radius 3 is 2.90 bits per heavy atom. The average molecular weight is 422 g/mol. The van der Waals surface area contributed by atoms with Crippen LogP contribution in [0.5, 0.6) is 5.75 Å². The van der Waals surface area contributed by atoms with Crippen LogP contribution < -0.4 is 10.4 Å². The van der Waals surface area contributed by atoms with Crippen LogP contribution in [0.4, 0.5) is 0 Å². The molecule has 31 heavy (non-hydrogen) atoms. The molecule has 0 saturated heterocycles. The summed E-state index contributed by atoms with van der Waals surface area (Å²) in [6, 6.07) is 7.37. The molecule has 1 aliphatic rings. The van der Waals surface area contributed by atoms with Crippen LogP contribution in [-0.2, 0) is 29.0 Å². The average Bonchev–Trinajstić information content (AvgIpc) is 2.72. The zero-order chi connectivity index (χ0) is 22.0. The Balaban J connectivity index is 1.69. The number of nitrogens with zero attached hydrogens (tertiary/aromatic N) is 2. The van der Waals surface area contributed by atoms with Gasteiger partial charge in [0.2, 0.25) is 0 Å². The lowest BCUT2D eigenvalue weighted by atomic mass is 9.97. The van der Waals surface area contributed by atoms with Gasteiger partial charge in [-0.15, -0.1) is 0 Å². The molecule has 1 aliphatic heterocycles. The lowest BCUT2D eigenvalue weighted by Gasteiger charge is -2.31. The van der Waals surface area contributed by atoms with Gasteiger partial charge in [-0.2, -0.15) is 0 Å². The molecule has 2 aromatic heterocycles. The quantitative estimate of drug-likeness (QED) is 0.442. The summed E-state index contributed by atoms with van der Waals surface area (Å²) in [5.74, 6) is 0.454. The summed E-state index contributed by atoms with van der Waals surface area (Å²) in [6.07, 6.45) is 4.17. The fourth-order valence-electron chi connectivity index (χ4n) is 3.90. The Hall–Kier alpha value is -3.19. The Kier molecular flexibility index (Phi) is 6.04. The molecule has 0 saturated carbocycles. The van der Waals surface area contributed by atoms with E-state index in [-0.39, 0.29) is 24.1 Å². The van der Waals surface area contributed by atoms with Crippen molar-refractivity contribution in [1.82, 2.24) is 9.88 Å². The molecule has 3 heterocycles. The normalized spacial score (nSPS) is 13.8. The minimum absolute atomic E-state index is 0.146. The minimum atomic E-state index is -0.384. The molecule has 0 spiro atoms. The number of aromatic nitrogens is 1. The van der Waals surface area contributed by atoms with Crippen molar-refractivity contribution in [2.75, 3.05) is 6.73 Å². The Morgan fingerprint density at radius 1 is 1.32 bits per heavy atom. The number of ether oxygens (including phenoxy) is 2. The highest BCUT2D eigenvalue weighted by Gasteiger charge is 2.26. The van der Waals surface area contributed by atoms with Gasteiger partial charge in [0, 0.05) is 43.4 Å². The van der Waals surface area contributed by atoms with Crippen molar-refractivity contribution in [2.45, 2.75) is 52.8 Å². The van der Waals surface area contributed by atoms with Gasteiger partial charge in [0.25, 0.3) is 0 Å². The first-order valence-electron chi connectivity index (χ1n) is 10.4. The topological polar surface area (TPSA) is 81.9 Å². The first-order valence-corrected chi connectivity index (χ1v) is 10.4. The van der Waals surface area contributed by atoms with E-state index in [2.05, 4.69) is 9.88 Å². The first-order chi connectivity index (χ1) is 14.9. The molecule has 0 unspecified atom stereocenters. The number of pyridine rings is 1. The van der Waals surface area contributed by atoms with E-state index in [9.17, 15) is 9.59 Å². The summed E-state index contributed by atoms with van der Waals surface area (Å²) in [6.45, 7) is 7.18. The van der Waals surface area contributed by atoms with E-state index in [4.69, 9.17) is 13.9 Å². The van der Waals surface area contributed by atoms with Gasteiger partial charge in [-0.1, -0.05) is 6.07 Å². The maximum atomic E-state index is 12.1. The third-order valence-electron chi connectivity index (χ3n) is 5.23. The molecular formula is C24H26N2O5. The molecule has 162 valence electrons. The molecule has 0 bridgehead atoms. The van der Waals surface area contributed by atoms with Crippen molar-refractivity contribution >= 4 is 16.9 Å².